The summed E-state index contributed by atoms with van der Waals surface area (Å²) in [5, 5.41) is 1.12. The van der Waals surface area contributed by atoms with Gasteiger partial charge in [0, 0.05) is 29.3 Å². The second-order valence-corrected chi connectivity index (χ2v) is 7.81. The fourth-order valence-electron chi connectivity index (χ4n) is 3.96. The average molecular weight is 374 g/mol. The minimum absolute atomic E-state index is 0.0940. The molecule has 0 N–H and O–H groups in total. The highest BCUT2D eigenvalue weighted by Gasteiger charge is 2.28. The number of benzene rings is 2. The number of pyridine rings is 1. The van der Waals surface area contributed by atoms with Gasteiger partial charge < -0.3 is 9.64 Å². The third kappa shape index (κ3) is 3.78. The predicted molar refractivity (Wildman–Crippen MR) is 112 cm³/mol. The molecule has 0 spiro atoms. The Morgan fingerprint density at radius 3 is 2.71 bits per heavy atom. The lowest BCUT2D eigenvalue weighted by Crippen LogP contribution is -2.49. The van der Waals surface area contributed by atoms with Crippen LogP contribution in [-0.4, -0.2) is 41.6 Å². The normalized spacial score (nSPS) is 17.2. The Bertz CT molecular complexity index is 961. The zero-order valence-corrected chi connectivity index (χ0v) is 16.5. The lowest BCUT2D eigenvalue weighted by atomic mass is 9.99. The van der Waals surface area contributed by atoms with Crippen molar-refractivity contribution in [1.29, 1.82) is 0 Å². The van der Waals surface area contributed by atoms with E-state index in [0.29, 0.717) is 25.7 Å². The Hall–Kier alpha value is -2.72. The maximum absolute atomic E-state index is 13.1. The van der Waals surface area contributed by atoms with Crippen LogP contribution >= 0.6 is 0 Å². The Balaban J connectivity index is 1.59. The number of nitrogens with zero attached hydrogens (tertiary/aromatic N) is 2. The van der Waals surface area contributed by atoms with Crippen LogP contribution in [0.25, 0.3) is 22.0 Å². The SMILES string of the molecule is CC(C)C[C@@H]1COCCN1C(=O)c1ccc(-c2cccc3cccnc23)cc1. The summed E-state index contributed by atoms with van der Waals surface area (Å²) in [7, 11) is 0. The van der Waals surface area contributed by atoms with Crippen molar-refractivity contribution in [1.82, 2.24) is 9.88 Å². The number of aromatic nitrogens is 1. The molecule has 0 saturated carbocycles. The second kappa shape index (κ2) is 8.11. The molecule has 4 nitrogen and oxygen atoms in total. The van der Waals surface area contributed by atoms with Crippen molar-refractivity contribution in [3.63, 3.8) is 0 Å². The van der Waals surface area contributed by atoms with Gasteiger partial charge in [-0.3, -0.25) is 9.78 Å². The largest absolute Gasteiger partial charge is 0.377 e. The zero-order valence-electron chi connectivity index (χ0n) is 16.5. The molecule has 2 aromatic carbocycles. The molecule has 0 bridgehead atoms. The fourth-order valence-corrected chi connectivity index (χ4v) is 3.96. The molecule has 28 heavy (non-hydrogen) atoms. The van der Waals surface area contributed by atoms with Gasteiger partial charge in [-0.25, -0.2) is 0 Å². The van der Waals surface area contributed by atoms with Crippen LogP contribution in [0.3, 0.4) is 0 Å². The van der Waals surface area contributed by atoms with E-state index in [2.05, 4.69) is 37.0 Å². The maximum atomic E-state index is 13.1. The molecule has 4 heteroatoms. The summed E-state index contributed by atoms with van der Waals surface area (Å²) in [5.74, 6) is 0.625. The van der Waals surface area contributed by atoms with Gasteiger partial charge in [0.2, 0.25) is 0 Å². The van der Waals surface area contributed by atoms with E-state index >= 15 is 0 Å². The molecule has 1 atom stereocenters. The lowest BCUT2D eigenvalue weighted by Gasteiger charge is -2.36. The van der Waals surface area contributed by atoms with E-state index in [1.165, 1.54) is 0 Å². The number of carbonyl (C=O) groups is 1. The van der Waals surface area contributed by atoms with E-state index in [9.17, 15) is 4.79 Å². The molecular formula is C24H26N2O2. The van der Waals surface area contributed by atoms with Gasteiger partial charge in [0.1, 0.15) is 0 Å². The molecule has 1 aliphatic rings. The van der Waals surface area contributed by atoms with Gasteiger partial charge in [0.25, 0.3) is 5.91 Å². The van der Waals surface area contributed by atoms with E-state index < -0.39 is 0 Å². The van der Waals surface area contributed by atoms with Gasteiger partial charge in [-0.05, 0) is 36.1 Å². The first-order chi connectivity index (χ1) is 13.6. The summed E-state index contributed by atoms with van der Waals surface area (Å²) in [6.45, 7) is 6.27. The summed E-state index contributed by atoms with van der Waals surface area (Å²) in [4.78, 5) is 19.6. The third-order valence-electron chi connectivity index (χ3n) is 5.31. The first-order valence-corrected chi connectivity index (χ1v) is 9.96. The van der Waals surface area contributed by atoms with Crippen LogP contribution in [0.5, 0.6) is 0 Å². The quantitative estimate of drug-likeness (QED) is 0.659. The van der Waals surface area contributed by atoms with Crippen LogP contribution in [0, 0.1) is 5.92 Å². The molecule has 1 saturated heterocycles. The molecule has 0 aliphatic carbocycles. The number of ether oxygens (including phenoxy) is 1. The van der Waals surface area contributed by atoms with Gasteiger partial charge in [0.15, 0.2) is 0 Å². The number of hydrogen-bond acceptors (Lipinski definition) is 3. The molecule has 1 aromatic heterocycles. The number of fused-ring (bicyclic) bond motifs is 1. The Morgan fingerprint density at radius 2 is 1.93 bits per heavy atom. The Morgan fingerprint density at radius 1 is 1.14 bits per heavy atom. The molecule has 4 rings (SSSR count). The lowest BCUT2D eigenvalue weighted by molar-refractivity contribution is -0.00746. The summed E-state index contributed by atoms with van der Waals surface area (Å²) < 4.78 is 5.62. The van der Waals surface area contributed by atoms with E-state index in [0.717, 1.165) is 34.0 Å². The Labute approximate surface area is 166 Å². The first-order valence-electron chi connectivity index (χ1n) is 9.96. The molecule has 1 aliphatic heterocycles. The highest BCUT2D eigenvalue weighted by Crippen LogP contribution is 2.28. The minimum Gasteiger partial charge on any atom is -0.377 e. The average Bonchev–Trinajstić information content (AvgIpc) is 2.73. The van der Waals surface area contributed by atoms with Crippen LogP contribution in [0.2, 0.25) is 0 Å². The van der Waals surface area contributed by atoms with E-state index in [4.69, 9.17) is 4.74 Å². The summed E-state index contributed by atoms with van der Waals surface area (Å²) >= 11 is 0. The van der Waals surface area contributed by atoms with Crippen molar-refractivity contribution in [2.45, 2.75) is 26.3 Å². The van der Waals surface area contributed by atoms with Crippen molar-refractivity contribution in [2.24, 2.45) is 5.92 Å². The number of rotatable bonds is 4. The van der Waals surface area contributed by atoms with E-state index in [1.54, 1.807) is 0 Å². The van der Waals surface area contributed by atoms with Crippen molar-refractivity contribution < 1.29 is 9.53 Å². The van der Waals surface area contributed by atoms with Crippen molar-refractivity contribution in [3.8, 4) is 11.1 Å². The van der Waals surface area contributed by atoms with Crippen molar-refractivity contribution in [3.05, 3.63) is 66.4 Å². The molecule has 1 amide bonds. The highest BCUT2D eigenvalue weighted by molar-refractivity contribution is 5.97. The van der Waals surface area contributed by atoms with E-state index in [-0.39, 0.29) is 11.9 Å². The second-order valence-electron chi connectivity index (χ2n) is 7.81. The van der Waals surface area contributed by atoms with Gasteiger partial charge in [0.05, 0.1) is 24.8 Å². The zero-order chi connectivity index (χ0) is 19.5. The topological polar surface area (TPSA) is 42.4 Å². The van der Waals surface area contributed by atoms with Gasteiger partial charge in [-0.2, -0.15) is 0 Å². The number of carbonyl (C=O) groups excluding carboxylic acids is 1. The molecular weight excluding hydrogens is 348 g/mol. The molecule has 2 heterocycles. The van der Waals surface area contributed by atoms with Crippen LogP contribution in [-0.2, 0) is 4.74 Å². The number of para-hydroxylation sites is 1. The molecule has 3 aromatic rings. The van der Waals surface area contributed by atoms with Crippen molar-refractivity contribution in [2.75, 3.05) is 19.8 Å². The molecule has 0 unspecified atom stereocenters. The summed E-state index contributed by atoms with van der Waals surface area (Å²) in [5.41, 5.74) is 3.87. The molecule has 1 fully saturated rings. The van der Waals surface area contributed by atoms with Gasteiger partial charge >= 0.3 is 0 Å². The maximum Gasteiger partial charge on any atom is 0.254 e. The number of amides is 1. The van der Waals surface area contributed by atoms with E-state index in [1.807, 2.05) is 47.5 Å². The number of morpholine rings is 1. The van der Waals surface area contributed by atoms with Crippen molar-refractivity contribution >= 4 is 16.8 Å². The van der Waals surface area contributed by atoms with Crippen LogP contribution in [0.15, 0.2) is 60.8 Å². The standard InChI is InChI=1S/C24H26N2O2/c1-17(2)15-21-16-28-14-13-26(21)24(27)20-10-8-18(9-11-20)22-7-3-5-19-6-4-12-25-23(19)22/h3-12,17,21H,13-16H2,1-2H3/t21-/m1/s1. The minimum atomic E-state index is 0.0940. The Kier molecular flexibility index (Phi) is 5.40. The van der Waals surface area contributed by atoms with Gasteiger partial charge in [-0.1, -0.05) is 50.2 Å². The molecule has 144 valence electrons. The summed E-state index contributed by atoms with van der Waals surface area (Å²) in [6, 6.07) is 18.3. The number of hydrogen-bond donors (Lipinski definition) is 0. The van der Waals surface area contributed by atoms with Crippen LogP contribution < -0.4 is 0 Å². The van der Waals surface area contributed by atoms with Crippen LogP contribution in [0.4, 0.5) is 0 Å². The first kappa shape index (κ1) is 18.6. The highest BCUT2D eigenvalue weighted by atomic mass is 16.5. The van der Waals surface area contributed by atoms with Crippen LogP contribution in [0.1, 0.15) is 30.6 Å². The van der Waals surface area contributed by atoms with Gasteiger partial charge in [-0.15, -0.1) is 0 Å². The monoisotopic (exact) mass is 374 g/mol. The molecule has 0 radical (unpaired) electrons. The fraction of sp³-hybridized carbons (Fsp3) is 0.333. The summed E-state index contributed by atoms with van der Waals surface area (Å²) in [6.07, 6.45) is 2.78. The third-order valence-corrected chi connectivity index (χ3v) is 5.31. The predicted octanol–water partition coefficient (Wildman–Crippen LogP) is 4.79. The smallest absolute Gasteiger partial charge is 0.254 e.